The second-order valence-corrected chi connectivity index (χ2v) is 5.27. The lowest BCUT2D eigenvalue weighted by molar-refractivity contribution is -0.137. The third-order valence-electron chi connectivity index (χ3n) is 3.44. The monoisotopic (exact) mass is 359 g/mol. The first-order valence-electron chi connectivity index (χ1n) is 7.54. The number of alkyl halides is 3. The molecule has 3 aromatic rings. The average Bonchev–Trinajstić information content (AvgIpc) is 3.11. The molecular weight excluding hydrogens is 347 g/mol. The van der Waals surface area contributed by atoms with Gasteiger partial charge in [-0.25, -0.2) is 0 Å². The van der Waals surface area contributed by atoms with Crippen LogP contribution in [0.2, 0.25) is 0 Å². The van der Waals surface area contributed by atoms with Crippen LogP contribution in [0.4, 0.5) is 13.2 Å². The van der Waals surface area contributed by atoms with E-state index in [1.54, 1.807) is 24.3 Å². The maximum atomic E-state index is 12.8. The van der Waals surface area contributed by atoms with Crippen LogP contribution in [0, 0.1) is 11.3 Å². The summed E-state index contributed by atoms with van der Waals surface area (Å²) in [5, 5.41) is 20.4. The number of hydrogen-bond donors (Lipinski definition) is 0. The standard InChI is InChI=1S/C17H12F3N5O/c18-17(19,20)14-3-1-2-13(10-14)16-22-24-25(23-16)8-9-26-15-6-4-12(11-21)5-7-15/h1-7,10H,8-9H2. The largest absolute Gasteiger partial charge is 0.492 e. The predicted octanol–water partition coefficient (Wildman–Crippen LogP) is 3.31. The molecule has 0 bridgehead atoms. The summed E-state index contributed by atoms with van der Waals surface area (Å²) in [6.07, 6.45) is -4.43. The van der Waals surface area contributed by atoms with E-state index in [0.717, 1.165) is 12.1 Å². The minimum absolute atomic E-state index is 0.106. The molecule has 0 fully saturated rings. The first-order chi connectivity index (χ1) is 12.5. The van der Waals surface area contributed by atoms with Crippen molar-refractivity contribution in [3.8, 4) is 23.2 Å². The Labute approximate surface area is 146 Å². The Bertz CT molecular complexity index is 929. The van der Waals surface area contributed by atoms with E-state index in [1.165, 1.54) is 16.9 Å². The molecule has 0 unspecified atom stereocenters. The van der Waals surface area contributed by atoms with Crippen molar-refractivity contribution in [3.63, 3.8) is 0 Å². The fourth-order valence-corrected chi connectivity index (χ4v) is 2.16. The molecule has 0 aliphatic carbocycles. The summed E-state index contributed by atoms with van der Waals surface area (Å²) >= 11 is 0. The Kier molecular flexibility index (Phi) is 4.84. The highest BCUT2D eigenvalue weighted by Gasteiger charge is 2.30. The summed E-state index contributed by atoms with van der Waals surface area (Å²) in [5.41, 5.74) is -0.00407. The Morgan fingerprint density at radius 2 is 1.88 bits per heavy atom. The maximum Gasteiger partial charge on any atom is 0.416 e. The molecule has 0 aliphatic heterocycles. The van der Waals surface area contributed by atoms with Crippen molar-refractivity contribution in [2.24, 2.45) is 0 Å². The molecule has 3 rings (SSSR count). The fourth-order valence-electron chi connectivity index (χ4n) is 2.16. The van der Waals surface area contributed by atoms with Crippen molar-refractivity contribution in [2.75, 3.05) is 6.61 Å². The Morgan fingerprint density at radius 1 is 1.12 bits per heavy atom. The van der Waals surface area contributed by atoms with Gasteiger partial charge in [-0.2, -0.15) is 23.2 Å². The Hall–Kier alpha value is -3.41. The molecule has 1 aromatic heterocycles. The van der Waals surface area contributed by atoms with Crippen LogP contribution >= 0.6 is 0 Å². The van der Waals surface area contributed by atoms with E-state index in [2.05, 4.69) is 15.4 Å². The number of tetrazole rings is 1. The van der Waals surface area contributed by atoms with E-state index < -0.39 is 11.7 Å². The highest BCUT2D eigenvalue weighted by atomic mass is 19.4. The zero-order valence-electron chi connectivity index (χ0n) is 13.3. The zero-order valence-corrected chi connectivity index (χ0v) is 13.3. The second-order valence-electron chi connectivity index (χ2n) is 5.27. The first-order valence-corrected chi connectivity index (χ1v) is 7.54. The normalized spacial score (nSPS) is 11.2. The third kappa shape index (κ3) is 4.16. The predicted molar refractivity (Wildman–Crippen MR) is 84.9 cm³/mol. The Morgan fingerprint density at radius 3 is 2.58 bits per heavy atom. The van der Waals surface area contributed by atoms with Crippen LogP contribution in [0.5, 0.6) is 5.75 Å². The van der Waals surface area contributed by atoms with Gasteiger partial charge in [0.05, 0.1) is 23.7 Å². The molecule has 0 saturated carbocycles. The van der Waals surface area contributed by atoms with Gasteiger partial charge >= 0.3 is 6.18 Å². The quantitative estimate of drug-likeness (QED) is 0.698. The topological polar surface area (TPSA) is 76.6 Å². The smallest absolute Gasteiger partial charge is 0.416 e. The van der Waals surface area contributed by atoms with Crippen LogP contribution in [-0.2, 0) is 12.7 Å². The molecule has 0 aliphatic rings. The summed E-state index contributed by atoms with van der Waals surface area (Å²) < 4.78 is 43.8. The summed E-state index contributed by atoms with van der Waals surface area (Å²) in [6.45, 7) is 0.510. The van der Waals surface area contributed by atoms with E-state index in [1.807, 2.05) is 6.07 Å². The summed E-state index contributed by atoms with van der Waals surface area (Å²) in [5.74, 6) is 0.691. The number of nitriles is 1. The molecule has 0 atom stereocenters. The van der Waals surface area contributed by atoms with Crippen molar-refractivity contribution < 1.29 is 17.9 Å². The fraction of sp³-hybridized carbons (Fsp3) is 0.176. The van der Waals surface area contributed by atoms with Gasteiger partial charge in [0, 0.05) is 5.56 Å². The van der Waals surface area contributed by atoms with Crippen molar-refractivity contribution in [1.29, 1.82) is 5.26 Å². The number of hydrogen-bond acceptors (Lipinski definition) is 5. The van der Waals surface area contributed by atoms with E-state index in [4.69, 9.17) is 10.00 Å². The average molecular weight is 359 g/mol. The van der Waals surface area contributed by atoms with Gasteiger partial charge in [0.15, 0.2) is 0 Å². The van der Waals surface area contributed by atoms with E-state index in [0.29, 0.717) is 11.3 Å². The zero-order chi connectivity index (χ0) is 18.6. The number of aromatic nitrogens is 4. The third-order valence-corrected chi connectivity index (χ3v) is 3.44. The SMILES string of the molecule is N#Cc1ccc(OCCn2nnc(-c3cccc(C(F)(F)F)c3)n2)cc1. The molecule has 0 amide bonds. The molecule has 0 N–H and O–H groups in total. The van der Waals surface area contributed by atoms with Gasteiger partial charge in [-0.3, -0.25) is 0 Å². The van der Waals surface area contributed by atoms with Gasteiger partial charge in [0.2, 0.25) is 5.82 Å². The lowest BCUT2D eigenvalue weighted by Gasteiger charge is -2.06. The highest BCUT2D eigenvalue weighted by Crippen LogP contribution is 2.31. The highest BCUT2D eigenvalue weighted by molar-refractivity contribution is 5.55. The van der Waals surface area contributed by atoms with E-state index in [9.17, 15) is 13.2 Å². The van der Waals surface area contributed by atoms with Crippen molar-refractivity contribution in [3.05, 3.63) is 59.7 Å². The minimum atomic E-state index is -4.43. The lowest BCUT2D eigenvalue weighted by atomic mass is 10.1. The molecule has 0 spiro atoms. The van der Waals surface area contributed by atoms with Gasteiger partial charge in [-0.15, -0.1) is 10.2 Å². The molecule has 6 nitrogen and oxygen atoms in total. The lowest BCUT2D eigenvalue weighted by Crippen LogP contribution is -2.11. The molecule has 1 heterocycles. The molecule has 26 heavy (non-hydrogen) atoms. The van der Waals surface area contributed by atoms with E-state index >= 15 is 0 Å². The van der Waals surface area contributed by atoms with Crippen LogP contribution in [0.3, 0.4) is 0 Å². The van der Waals surface area contributed by atoms with Gasteiger partial charge in [0.25, 0.3) is 0 Å². The van der Waals surface area contributed by atoms with Crippen molar-refractivity contribution in [1.82, 2.24) is 20.2 Å². The molecular formula is C17H12F3N5O. The van der Waals surface area contributed by atoms with E-state index in [-0.39, 0.29) is 24.5 Å². The summed E-state index contributed by atoms with van der Waals surface area (Å²) in [7, 11) is 0. The van der Waals surface area contributed by atoms with Crippen LogP contribution in [0.1, 0.15) is 11.1 Å². The van der Waals surface area contributed by atoms with Gasteiger partial charge in [0.1, 0.15) is 12.4 Å². The first kappa shape index (κ1) is 17.4. The number of nitrogens with zero attached hydrogens (tertiary/aromatic N) is 5. The second kappa shape index (κ2) is 7.23. The molecule has 0 radical (unpaired) electrons. The summed E-state index contributed by atoms with van der Waals surface area (Å²) in [6, 6.07) is 13.4. The number of benzene rings is 2. The number of rotatable bonds is 5. The van der Waals surface area contributed by atoms with Crippen molar-refractivity contribution >= 4 is 0 Å². The van der Waals surface area contributed by atoms with Crippen LogP contribution in [0.25, 0.3) is 11.4 Å². The molecule has 9 heteroatoms. The molecule has 2 aromatic carbocycles. The molecule has 0 saturated heterocycles. The minimum Gasteiger partial charge on any atom is -0.492 e. The summed E-state index contributed by atoms with van der Waals surface area (Å²) in [4.78, 5) is 1.25. The van der Waals surface area contributed by atoms with Gasteiger partial charge in [-0.05, 0) is 41.6 Å². The van der Waals surface area contributed by atoms with Crippen LogP contribution < -0.4 is 4.74 Å². The van der Waals surface area contributed by atoms with Crippen molar-refractivity contribution in [2.45, 2.75) is 12.7 Å². The Balaban J connectivity index is 1.62. The molecule has 132 valence electrons. The number of ether oxygens (including phenoxy) is 1. The van der Waals surface area contributed by atoms with Gasteiger partial charge in [-0.1, -0.05) is 12.1 Å². The van der Waals surface area contributed by atoms with Crippen LogP contribution in [0.15, 0.2) is 48.5 Å². The van der Waals surface area contributed by atoms with Crippen LogP contribution in [-0.4, -0.2) is 26.8 Å². The number of halogens is 3. The maximum absolute atomic E-state index is 12.8. The van der Waals surface area contributed by atoms with Gasteiger partial charge < -0.3 is 4.74 Å².